The molecule has 7 aromatic rings. The van der Waals surface area contributed by atoms with E-state index >= 15 is 0 Å². The Balaban J connectivity index is 1.65. The van der Waals surface area contributed by atoms with Crippen LogP contribution in [0.5, 0.6) is 0 Å². The quantitative estimate of drug-likeness (QED) is 0.147. The molecule has 0 radical (unpaired) electrons. The number of aryl methyl sites for hydroxylation is 2. The lowest BCUT2D eigenvalue weighted by molar-refractivity contribution is -0.633. The lowest BCUT2D eigenvalue weighted by Crippen LogP contribution is -2.40. The highest BCUT2D eigenvalue weighted by Gasteiger charge is 2.33. The molecule has 0 fully saturated rings. The smallest absolute Gasteiger partial charge is 0.299 e. The van der Waals surface area contributed by atoms with E-state index in [1.165, 1.54) is 33.4 Å². The van der Waals surface area contributed by atoms with Gasteiger partial charge in [-0.2, -0.15) is 4.57 Å². The molecule has 3 aromatic heterocycles. The van der Waals surface area contributed by atoms with Crippen LogP contribution in [0, 0.1) is 6.92 Å². The number of hydrogen-bond acceptors (Lipinski definition) is 3. The number of hydrogen-bond donors (Lipinski definition) is 0. The fourth-order valence-electron chi connectivity index (χ4n) is 6.70. The van der Waals surface area contributed by atoms with Gasteiger partial charge < -0.3 is 4.42 Å². The van der Waals surface area contributed by atoms with Crippen LogP contribution in [-0.2, 0) is 7.05 Å². The molecular formula is C38H41N4OSi+. The molecule has 0 bridgehead atoms. The molecule has 6 heteroatoms. The maximum absolute atomic E-state index is 6.98. The molecule has 0 aliphatic carbocycles. The van der Waals surface area contributed by atoms with Gasteiger partial charge in [-0.15, -0.1) is 0 Å². The molecule has 222 valence electrons. The number of furan rings is 1. The van der Waals surface area contributed by atoms with E-state index in [2.05, 4.69) is 137 Å². The van der Waals surface area contributed by atoms with E-state index in [1.54, 1.807) is 0 Å². The molecule has 3 heterocycles. The Kier molecular flexibility index (Phi) is 6.56. The van der Waals surface area contributed by atoms with Gasteiger partial charge in [-0.05, 0) is 48.6 Å². The summed E-state index contributed by atoms with van der Waals surface area (Å²) in [5.41, 5.74) is 12.0. The summed E-state index contributed by atoms with van der Waals surface area (Å²) < 4.78 is 11.8. The highest BCUT2D eigenvalue weighted by Crippen LogP contribution is 2.42. The van der Waals surface area contributed by atoms with Crippen molar-refractivity contribution >= 4 is 57.4 Å². The van der Waals surface area contributed by atoms with Crippen LogP contribution in [0.1, 0.15) is 56.2 Å². The van der Waals surface area contributed by atoms with Crippen molar-refractivity contribution in [2.24, 2.45) is 7.05 Å². The molecule has 0 spiro atoms. The van der Waals surface area contributed by atoms with Crippen LogP contribution >= 0.6 is 0 Å². The molecule has 0 unspecified atom stereocenters. The number of nitrogens with zero attached hydrogens (tertiary/aromatic N) is 4. The highest BCUT2D eigenvalue weighted by atomic mass is 28.3. The largest absolute Gasteiger partial charge is 0.453 e. The van der Waals surface area contributed by atoms with Crippen LogP contribution in [0.4, 0.5) is 0 Å². The number of aromatic nitrogens is 4. The van der Waals surface area contributed by atoms with Gasteiger partial charge in [-0.1, -0.05) is 89.8 Å². The monoisotopic (exact) mass is 597 g/mol. The maximum atomic E-state index is 6.98. The van der Waals surface area contributed by atoms with Crippen molar-refractivity contribution in [3.8, 4) is 17.1 Å². The topological polar surface area (TPSA) is 47.7 Å². The maximum Gasteiger partial charge on any atom is 0.299 e. The predicted octanol–water partition coefficient (Wildman–Crippen LogP) is 9.07. The van der Waals surface area contributed by atoms with Crippen LogP contribution in [0.3, 0.4) is 0 Å². The fraction of sp³-hybridized carbons (Fsp3) is 0.289. The van der Waals surface area contributed by atoms with Gasteiger partial charge in [0.2, 0.25) is 0 Å². The molecular weight excluding hydrogens is 557 g/mol. The minimum absolute atomic E-state index is 0.358. The van der Waals surface area contributed by atoms with E-state index in [0.717, 1.165) is 49.7 Å². The van der Waals surface area contributed by atoms with Crippen LogP contribution in [0.2, 0.25) is 19.6 Å². The van der Waals surface area contributed by atoms with E-state index in [1.807, 2.05) is 6.20 Å². The first-order valence-electron chi connectivity index (χ1n) is 15.7. The molecule has 7 rings (SSSR count). The van der Waals surface area contributed by atoms with Crippen LogP contribution in [-0.4, -0.2) is 22.6 Å². The highest BCUT2D eigenvalue weighted by molar-refractivity contribution is 6.88. The normalized spacial score (nSPS) is 12.6. The van der Waals surface area contributed by atoms with Gasteiger partial charge in [0, 0.05) is 33.4 Å². The number of imidazole rings is 1. The van der Waals surface area contributed by atoms with Crippen LogP contribution in [0.25, 0.3) is 61.1 Å². The first-order valence-corrected chi connectivity index (χ1v) is 19.2. The zero-order chi connectivity index (χ0) is 31.1. The van der Waals surface area contributed by atoms with Crippen molar-refractivity contribution in [1.29, 1.82) is 0 Å². The van der Waals surface area contributed by atoms with Crippen molar-refractivity contribution in [3.05, 3.63) is 89.6 Å². The Morgan fingerprint density at radius 3 is 2.14 bits per heavy atom. The predicted molar refractivity (Wildman–Crippen MR) is 186 cm³/mol. The van der Waals surface area contributed by atoms with Crippen molar-refractivity contribution in [3.63, 3.8) is 0 Å². The third kappa shape index (κ3) is 4.22. The third-order valence-electron chi connectivity index (χ3n) is 9.10. The third-order valence-corrected chi connectivity index (χ3v) is 10.9. The molecule has 44 heavy (non-hydrogen) atoms. The van der Waals surface area contributed by atoms with Gasteiger partial charge in [0.25, 0.3) is 5.82 Å². The zero-order valence-corrected chi connectivity index (χ0v) is 28.3. The van der Waals surface area contributed by atoms with E-state index in [0.29, 0.717) is 11.8 Å². The van der Waals surface area contributed by atoms with E-state index in [4.69, 9.17) is 14.4 Å². The lowest BCUT2D eigenvalue weighted by atomic mass is 9.92. The molecule has 0 N–H and O–H groups in total. The van der Waals surface area contributed by atoms with Gasteiger partial charge in [-0.3, -0.25) is 9.97 Å². The molecule has 0 atom stereocenters. The second-order valence-corrected chi connectivity index (χ2v) is 18.9. The Labute approximate surface area is 260 Å². The van der Waals surface area contributed by atoms with Crippen LogP contribution < -0.4 is 9.88 Å². The standard InChI is InChI=1S/C38H41N4OSi/c1-22(2)25-13-12-14-26(23(3)4)35(25)42-31-16-11-10-15-30(31)41(6)38(42)33-24(5)17-18-27-28-19-20-29-34(37(28)43-36(27)33)40-32(21-39-29)44(7,8)9/h10-23H,1-9H3/q+1. The lowest BCUT2D eigenvalue weighted by Gasteiger charge is -2.18. The summed E-state index contributed by atoms with van der Waals surface area (Å²) in [7, 11) is 0.511. The summed E-state index contributed by atoms with van der Waals surface area (Å²) in [5, 5.41) is 3.26. The summed E-state index contributed by atoms with van der Waals surface area (Å²) in [6.07, 6.45) is 1.95. The van der Waals surface area contributed by atoms with Crippen molar-refractivity contribution < 1.29 is 8.98 Å². The number of benzene rings is 4. The minimum atomic E-state index is -1.67. The zero-order valence-electron chi connectivity index (χ0n) is 27.3. The summed E-state index contributed by atoms with van der Waals surface area (Å²) in [6, 6.07) is 24.2. The Morgan fingerprint density at radius 1 is 0.795 bits per heavy atom. The van der Waals surface area contributed by atoms with Gasteiger partial charge in [0.05, 0.1) is 12.6 Å². The summed E-state index contributed by atoms with van der Waals surface area (Å²) in [5.74, 6) is 1.83. The molecule has 0 saturated heterocycles. The fourth-order valence-corrected chi connectivity index (χ4v) is 7.60. The van der Waals surface area contributed by atoms with Crippen molar-refractivity contribution in [2.75, 3.05) is 0 Å². The number of para-hydroxylation sites is 3. The Morgan fingerprint density at radius 2 is 1.45 bits per heavy atom. The summed E-state index contributed by atoms with van der Waals surface area (Å²) in [4.78, 5) is 9.99. The van der Waals surface area contributed by atoms with E-state index in [9.17, 15) is 0 Å². The Bertz CT molecular complexity index is 2220. The summed E-state index contributed by atoms with van der Waals surface area (Å²) >= 11 is 0. The average Bonchev–Trinajstić information content (AvgIpc) is 3.51. The SMILES string of the molecule is Cc1ccc2c(oc3c2ccc2ncc([Si](C)(C)C)nc23)c1-c1n(-c2c(C(C)C)cccc2C(C)C)c2ccccc2[n+]1C. The second kappa shape index (κ2) is 10.1. The minimum Gasteiger partial charge on any atom is -0.453 e. The molecule has 0 amide bonds. The number of fused-ring (bicyclic) bond motifs is 6. The van der Waals surface area contributed by atoms with Gasteiger partial charge in [0.15, 0.2) is 22.2 Å². The second-order valence-electron chi connectivity index (χ2n) is 13.9. The van der Waals surface area contributed by atoms with Crippen molar-refractivity contribution in [1.82, 2.24) is 14.5 Å². The number of rotatable bonds is 5. The van der Waals surface area contributed by atoms with E-state index < -0.39 is 8.07 Å². The van der Waals surface area contributed by atoms with Gasteiger partial charge >= 0.3 is 0 Å². The molecule has 0 saturated carbocycles. The average molecular weight is 598 g/mol. The molecule has 4 aromatic carbocycles. The van der Waals surface area contributed by atoms with E-state index in [-0.39, 0.29) is 0 Å². The molecule has 0 aliphatic rings. The molecule has 5 nitrogen and oxygen atoms in total. The Hall–Kier alpha value is -4.29. The van der Waals surface area contributed by atoms with Gasteiger partial charge in [-0.25, -0.2) is 4.57 Å². The molecule has 0 aliphatic heterocycles. The van der Waals surface area contributed by atoms with Crippen LogP contribution in [0.15, 0.2) is 77.3 Å². The van der Waals surface area contributed by atoms with Crippen molar-refractivity contribution in [2.45, 2.75) is 66.1 Å². The first kappa shape index (κ1) is 28.5. The van der Waals surface area contributed by atoms with Gasteiger partial charge in [0.1, 0.15) is 24.8 Å². The first-order chi connectivity index (χ1) is 21.0. The summed E-state index contributed by atoms with van der Waals surface area (Å²) in [6.45, 7) is 18.3.